The predicted molar refractivity (Wildman–Crippen MR) is 72.9 cm³/mol. The summed E-state index contributed by atoms with van der Waals surface area (Å²) in [5, 5.41) is 0. The summed E-state index contributed by atoms with van der Waals surface area (Å²) in [6.07, 6.45) is 2.23. The number of hydrogen-bond donors (Lipinski definition) is 1. The van der Waals surface area contributed by atoms with Crippen LogP contribution in [-0.4, -0.2) is 33.4 Å². The van der Waals surface area contributed by atoms with Crippen molar-refractivity contribution in [2.24, 2.45) is 0 Å². The molecule has 1 aromatic carbocycles. The van der Waals surface area contributed by atoms with E-state index in [0.29, 0.717) is 11.3 Å². The third kappa shape index (κ3) is 1.95. The number of carbonyl (C=O) groups is 1. The Balaban J connectivity index is 1.92. The highest BCUT2D eigenvalue weighted by atomic mass is 32.1. The molecule has 0 aliphatic carbocycles. The number of amides is 1. The lowest BCUT2D eigenvalue weighted by atomic mass is 10.3. The van der Waals surface area contributed by atoms with Crippen molar-refractivity contribution in [3.05, 3.63) is 29.0 Å². The van der Waals surface area contributed by atoms with Crippen molar-refractivity contribution in [1.29, 1.82) is 0 Å². The van der Waals surface area contributed by atoms with Crippen molar-refractivity contribution in [3.63, 3.8) is 0 Å². The number of rotatable bonds is 2. The van der Waals surface area contributed by atoms with Gasteiger partial charge in [-0.2, -0.15) is 0 Å². The SMILES string of the molecule is O=C(Cn1c(=S)[nH]c2ccccc21)N1CCCC1. The van der Waals surface area contributed by atoms with Crippen LogP contribution in [-0.2, 0) is 11.3 Å². The third-order valence-electron chi connectivity index (χ3n) is 3.43. The molecule has 1 saturated heterocycles. The number of aromatic nitrogens is 2. The van der Waals surface area contributed by atoms with Crippen molar-refractivity contribution in [2.75, 3.05) is 13.1 Å². The van der Waals surface area contributed by atoms with Crippen molar-refractivity contribution in [3.8, 4) is 0 Å². The number of hydrogen-bond acceptors (Lipinski definition) is 2. The molecule has 0 spiro atoms. The summed E-state index contributed by atoms with van der Waals surface area (Å²) in [7, 11) is 0. The molecule has 0 radical (unpaired) electrons. The molecule has 1 aliphatic heterocycles. The van der Waals surface area contributed by atoms with E-state index in [4.69, 9.17) is 12.2 Å². The van der Waals surface area contributed by atoms with E-state index >= 15 is 0 Å². The van der Waals surface area contributed by atoms with Gasteiger partial charge in [-0.05, 0) is 37.2 Å². The first-order chi connectivity index (χ1) is 8.75. The van der Waals surface area contributed by atoms with E-state index in [0.717, 1.165) is 37.0 Å². The summed E-state index contributed by atoms with van der Waals surface area (Å²) < 4.78 is 2.49. The summed E-state index contributed by atoms with van der Waals surface area (Å²) >= 11 is 5.28. The van der Waals surface area contributed by atoms with Gasteiger partial charge in [0.2, 0.25) is 5.91 Å². The Kier molecular flexibility index (Phi) is 2.91. The molecule has 18 heavy (non-hydrogen) atoms. The second-order valence-corrected chi connectivity index (χ2v) is 5.01. The molecule has 4 nitrogen and oxygen atoms in total. The minimum atomic E-state index is 0.161. The predicted octanol–water partition coefficient (Wildman–Crippen LogP) is 2.32. The lowest BCUT2D eigenvalue weighted by molar-refractivity contribution is -0.130. The summed E-state index contributed by atoms with van der Waals surface area (Å²) in [5.74, 6) is 0.161. The Hall–Kier alpha value is -1.62. The highest BCUT2D eigenvalue weighted by molar-refractivity contribution is 7.71. The quantitative estimate of drug-likeness (QED) is 0.843. The van der Waals surface area contributed by atoms with Gasteiger partial charge in [-0.15, -0.1) is 0 Å². The molecule has 3 rings (SSSR count). The summed E-state index contributed by atoms with van der Waals surface area (Å²) in [6.45, 7) is 2.10. The molecule has 0 atom stereocenters. The molecule has 0 unspecified atom stereocenters. The molecule has 1 fully saturated rings. The fourth-order valence-corrected chi connectivity index (χ4v) is 2.74. The van der Waals surface area contributed by atoms with Crippen LogP contribution in [0.4, 0.5) is 0 Å². The largest absolute Gasteiger partial charge is 0.341 e. The smallest absolute Gasteiger partial charge is 0.242 e. The Morgan fingerprint density at radius 3 is 2.78 bits per heavy atom. The Bertz CT molecular complexity index is 637. The van der Waals surface area contributed by atoms with Gasteiger partial charge in [0, 0.05) is 13.1 Å². The minimum absolute atomic E-state index is 0.161. The maximum absolute atomic E-state index is 12.2. The highest BCUT2D eigenvalue weighted by Gasteiger charge is 2.19. The van der Waals surface area contributed by atoms with E-state index in [1.807, 2.05) is 33.7 Å². The molecule has 5 heteroatoms. The molecular weight excluding hydrogens is 246 g/mol. The van der Waals surface area contributed by atoms with Crippen LogP contribution in [0, 0.1) is 4.77 Å². The molecule has 1 amide bonds. The average Bonchev–Trinajstić information content (AvgIpc) is 2.98. The first-order valence-electron chi connectivity index (χ1n) is 6.21. The number of likely N-dealkylation sites (tertiary alicyclic amines) is 1. The van der Waals surface area contributed by atoms with Crippen molar-refractivity contribution in [2.45, 2.75) is 19.4 Å². The van der Waals surface area contributed by atoms with E-state index in [-0.39, 0.29) is 5.91 Å². The second-order valence-electron chi connectivity index (χ2n) is 4.62. The number of nitrogens with one attached hydrogen (secondary N) is 1. The molecule has 1 N–H and O–H groups in total. The summed E-state index contributed by atoms with van der Waals surface area (Å²) in [4.78, 5) is 17.2. The molecule has 2 aromatic rings. The fourth-order valence-electron chi connectivity index (χ4n) is 2.47. The first kappa shape index (κ1) is 11.5. The third-order valence-corrected chi connectivity index (χ3v) is 3.76. The number of benzene rings is 1. The molecule has 94 valence electrons. The number of imidazole rings is 1. The van der Waals surface area contributed by atoms with Gasteiger partial charge in [-0.1, -0.05) is 12.1 Å². The van der Waals surface area contributed by atoms with Crippen molar-refractivity contribution in [1.82, 2.24) is 14.5 Å². The minimum Gasteiger partial charge on any atom is -0.341 e. The van der Waals surface area contributed by atoms with E-state index in [2.05, 4.69) is 4.98 Å². The maximum Gasteiger partial charge on any atom is 0.242 e. The van der Waals surface area contributed by atoms with Gasteiger partial charge < -0.3 is 14.5 Å². The van der Waals surface area contributed by atoms with Crippen molar-refractivity contribution >= 4 is 29.2 Å². The second kappa shape index (κ2) is 4.57. The van der Waals surface area contributed by atoms with Crippen LogP contribution >= 0.6 is 12.2 Å². The summed E-state index contributed by atoms with van der Waals surface area (Å²) in [5.41, 5.74) is 1.98. The maximum atomic E-state index is 12.2. The fraction of sp³-hybridized carbons (Fsp3) is 0.385. The zero-order chi connectivity index (χ0) is 12.5. The van der Waals surface area contributed by atoms with Gasteiger partial charge in [0.25, 0.3) is 0 Å². The van der Waals surface area contributed by atoms with Crippen LogP contribution in [0.3, 0.4) is 0 Å². The number of aromatic amines is 1. The van der Waals surface area contributed by atoms with Gasteiger partial charge in [0.1, 0.15) is 6.54 Å². The Labute approximate surface area is 110 Å². The zero-order valence-corrected chi connectivity index (χ0v) is 10.9. The number of fused-ring (bicyclic) bond motifs is 1. The van der Waals surface area contributed by atoms with E-state index in [1.165, 1.54) is 0 Å². The zero-order valence-electron chi connectivity index (χ0n) is 10.1. The van der Waals surface area contributed by atoms with Crippen LogP contribution in [0.25, 0.3) is 11.0 Å². The topological polar surface area (TPSA) is 41.0 Å². The van der Waals surface area contributed by atoms with Crippen LogP contribution < -0.4 is 0 Å². The van der Waals surface area contributed by atoms with Gasteiger partial charge in [-0.25, -0.2) is 0 Å². The molecule has 2 heterocycles. The molecule has 0 saturated carbocycles. The lowest BCUT2D eigenvalue weighted by Gasteiger charge is -2.15. The van der Waals surface area contributed by atoms with Gasteiger partial charge in [0.05, 0.1) is 11.0 Å². The van der Waals surface area contributed by atoms with E-state index < -0.39 is 0 Å². The van der Waals surface area contributed by atoms with Gasteiger partial charge >= 0.3 is 0 Å². The first-order valence-corrected chi connectivity index (χ1v) is 6.62. The number of nitrogens with zero attached hydrogens (tertiary/aromatic N) is 2. The molecule has 1 aliphatic rings. The van der Waals surface area contributed by atoms with E-state index in [9.17, 15) is 4.79 Å². The highest BCUT2D eigenvalue weighted by Crippen LogP contribution is 2.15. The normalized spacial score (nSPS) is 15.4. The van der Waals surface area contributed by atoms with Gasteiger partial charge in [-0.3, -0.25) is 4.79 Å². The Morgan fingerprint density at radius 2 is 2.00 bits per heavy atom. The van der Waals surface area contributed by atoms with Crippen LogP contribution in [0.5, 0.6) is 0 Å². The number of carbonyl (C=O) groups excluding carboxylic acids is 1. The lowest BCUT2D eigenvalue weighted by Crippen LogP contribution is -2.31. The summed E-state index contributed by atoms with van der Waals surface area (Å²) in [6, 6.07) is 7.88. The molecule has 0 bridgehead atoms. The van der Waals surface area contributed by atoms with Crippen LogP contribution in [0.15, 0.2) is 24.3 Å². The molecular formula is C13H15N3OS. The number of H-pyrrole nitrogens is 1. The van der Waals surface area contributed by atoms with Gasteiger partial charge in [0.15, 0.2) is 4.77 Å². The van der Waals surface area contributed by atoms with Crippen LogP contribution in [0.1, 0.15) is 12.8 Å². The van der Waals surface area contributed by atoms with E-state index in [1.54, 1.807) is 0 Å². The van der Waals surface area contributed by atoms with Crippen LogP contribution in [0.2, 0.25) is 0 Å². The molecule has 1 aromatic heterocycles. The standard InChI is InChI=1S/C13H15N3OS/c17-12(15-7-3-4-8-15)9-16-11-6-2-1-5-10(11)14-13(16)18/h1-2,5-6H,3-4,7-9H2,(H,14,18). The number of para-hydroxylation sites is 2. The van der Waals surface area contributed by atoms with Crippen molar-refractivity contribution < 1.29 is 4.79 Å². The monoisotopic (exact) mass is 261 g/mol. The average molecular weight is 261 g/mol. The Morgan fingerprint density at radius 1 is 1.28 bits per heavy atom.